The Kier molecular flexibility index (Phi) is 5.35. The largest absolute Gasteiger partial charge is 0.365 e. The molecule has 2 amide bonds. The maximum atomic E-state index is 13.1. The van der Waals surface area contributed by atoms with Crippen LogP contribution < -0.4 is 21.3 Å². The van der Waals surface area contributed by atoms with Crippen LogP contribution in [0, 0.1) is 5.82 Å². The number of aromatic nitrogens is 1. The lowest BCUT2D eigenvalue weighted by Gasteiger charge is -2.20. The fourth-order valence-corrected chi connectivity index (χ4v) is 2.94. The lowest BCUT2D eigenvalue weighted by atomic mass is 10.2. The van der Waals surface area contributed by atoms with E-state index in [1.165, 1.54) is 18.2 Å². The van der Waals surface area contributed by atoms with Crippen LogP contribution in [0.1, 0.15) is 16.8 Å². The first-order chi connectivity index (χ1) is 13.0. The van der Waals surface area contributed by atoms with Gasteiger partial charge in [-0.2, -0.15) is 0 Å². The molecule has 0 aliphatic carbocycles. The molecule has 3 rings (SSSR count). The molecule has 1 atom stereocenters. The maximum Gasteiger partial charge on any atom is 0.252 e. The van der Waals surface area contributed by atoms with Gasteiger partial charge >= 0.3 is 0 Å². The number of nitrogens with two attached hydrogens (primary N) is 1. The van der Waals surface area contributed by atoms with Gasteiger partial charge in [0.05, 0.1) is 5.56 Å². The molecule has 1 aromatic heterocycles. The predicted molar refractivity (Wildman–Crippen MR) is 101 cm³/mol. The van der Waals surface area contributed by atoms with Crippen molar-refractivity contribution in [3.05, 3.63) is 60.4 Å². The van der Waals surface area contributed by atoms with Gasteiger partial charge in [0.15, 0.2) is 0 Å². The van der Waals surface area contributed by atoms with Gasteiger partial charge in [0.2, 0.25) is 5.91 Å². The van der Waals surface area contributed by atoms with Gasteiger partial charge in [-0.05, 0) is 48.9 Å². The Morgan fingerprint density at radius 2 is 2.00 bits per heavy atom. The quantitative estimate of drug-likeness (QED) is 0.676. The molecule has 2 aromatic rings. The van der Waals surface area contributed by atoms with E-state index in [1.54, 1.807) is 24.3 Å². The van der Waals surface area contributed by atoms with E-state index in [2.05, 4.69) is 22.2 Å². The van der Waals surface area contributed by atoms with Gasteiger partial charge in [0.25, 0.3) is 5.91 Å². The summed E-state index contributed by atoms with van der Waals surface area (Å²) < 4.78 is 13.1. The monoisotopic (exact) mass is 369 g/mol. The van der Waals surface area contributed by atoms with Crippen molar-refractivity contribution in [1.29, 1.82) is 0 Å². The fourth-order valence-electron chi connectivity index (χ4n) is 2.94. The molecule has 4 N–H and O–H groups in total. The van der Waals surface area contributed by atoms with Gasteiger partial charge in [-0.1, -0.05) is 6.58 Å². The third-order valence-electron chi connectivity index (χ3n) is 4.30. The molecule has 0 spiro atoms. The number of amides is 2. The summed E-state index contributed by atoms with van der Waals surface area (Å²) >= 11 is 0. The van der Waals surface area contributed by atoms with E-state index in [-0.39, 0.29) is 23.3 Å². The van der Waals surface area contributed by atoms with Crippen molar-refractivity contribution < 1.29 is 14.0 Å². The molecular formula is C19H20FN5O2. The number of benzene rings is 1. The van der Waals surface area contributed by atoms with Crippen molar-refractivity contribution in [1.82, 2.24) is 10.3 Å². The first-order valence-corrected chi connectivity index (χ1v) is 8.47. The molecule has 0 bridgehead atoms. The molecule has 1 aliphatic rings. The van der Waals surface area contributed by atoms with Crippen LogP contribution in [0.25, 0.3) is 0 Å². The predicted octanol–water partition coefficient (Wildman–Crippen LogP) is 1.94. The van der Waals surface area contributed by atoms with Gasteiger partial charge in [0.1, 0.15) is 17.5 Å². The molecular weight excluding hydrogens is 349 g/mol. The molecule has 0 saturated carbocycles. The minimum atomic E-state index is -0.615. The lowest BCUT2D eigenvalue weighted by molar-refractivity contribution is -0.117. The van der Waals surface area contributed by atoms with Crippen LogP contribution in [0.15, 0.2) is 49.1 Å². The van der Waals surface area contributed by atoms with E-state index in [1.807, 2.05) is 4.90 Å². The van der Waals surface area contributed by atoms with Crippen molar-refractivity contribution in [2.45, 2.75) is 12.5 Å². The van der Waals surface area contributed by atoms with Crippen LogP contribution in [0.3, 0.4) is 0 Å². The van der Waals surface area contributed by atoms with Crippen molar-refractivity contribution in [2.75, 3.05) is 23.3 Å². The SMILES string of the molecule is C=CC(=O)N[C@H]1CCN(c2ccc(C(N)=O)c(Nc3ccc(F)cc3)n2)C1. The molecule has 1 aromatic carbocycles. The molecule has 1 aliphatic heterocycles. The van der Waals surface area contributed by atoms with E-state index in [0.717, 1.165) is 6.42 Å². The molecule has 0 unspecified atom stereocenters. The van der Waals surface area contributed by atoms with Crippen molar-refractivity contribution in [3.8, 4) is 0 Å². The number of carbonyl (C=O) groups is 2. The maximum absolute atomic E-state index is 13.1. The molecule has 8 heteroatoms. The molecule has 140 valence electrons. The second-order valence-corrected chi connectivity index (χ2v) is 6.21. The zero-order valence-corrected chi connectivity index (χ0v) is 14.6. The van der Waals surface area contributed by atoms with Crippen LogP contribution in [-0.2, 0) is 4.79 Å². The first-order valence-electron chi connectivity index (χ1n) is 8.47. The summed E-state index contributed by atoms with van der Waals surface area (Å²) in [7, 11) is 0. The summed E-state index contributed by atoms with van der Waals surface area (Å²) in [6.45, 7) is 4.75. The number of primary amides is 1. The Labute approximate surface area is 156 Å². The minimum absolute atomic E-state index is 0.00150. The Balaban J connectivity index is 1.81. The first kappa shape index (κ1) is 18.4. The van der Waals surface area contributed by atoms with Gasteiger partial charge in [-0.15, -0.1) is 0 Å². The van der Waals surface area contributed by atoms with Crippen molar-refractivity contribution >= 4 is 29.1 Å². The minimum Gasteiger partial charge on any atom is -0.365 e. The zero-order chi connectivity index (χ0) is 19.4. The second-order valence-electron chi connectivity index (χ2n) is 6.21. The van der Waals surface area contributed by atoms with Crippen LogP contribution in [-0.4, -0.2) is 35.9 Å². The third-order valence-corrected chi connectivity index (χ3v) is 4.30. The highest BCUT2D eigenvalue weighted by Gasteiger charge is 2.25. The van der Waals surface area contributed by atoms with E-state index < -0.39 is 5.91 Å². The lowest BCUT2D eigenvalue weighted by Crippen LogP contribution is -2.36. The molecule has 1 saturated heterocycles. The second kappa shape index (κ2) is 7.86. The zero-order valence-electron chi connectivity index (χ0n) is 14.6. The number of nitrogens with zero attached hydrogens (tertiary/aromatic N) is 2. The Morgan fingerprint density at radius 1 is 1.26 bits per heavy atom. The van der Waals surface area contributed by atoms with E-state index in [9.17, 15) is 14.0 Å². The van der Waals surface area contributed by atoms with Crippen LogP contribution in [0.2, 0.25) is 0 Å². The Morgan fingerprint density at radius 3 is 2.67 bits per heavy atom. The summed E-state index contributed by atoms with van der Waals surface area (Å²) in [5.41, 5.74) is 6.26. The average molecular weight is 369 g/mol. The van der Waals surface area contributed by atoms with Crippen molar-refractivity contribution in [3.63, 3.8) is 0 Å². The van der Waals surface area contributed by atoms with Gasteiger partial charge in [-0.25, -0.2) is 9.37 Å². The summed E-state index contributed by atoms with van der Waals surface area (Å²) in [4.78, 5) is 29.7. The van der Waals surface area contributed by atoms with Gasteiger partial charge in [-0.3, -0.25) is 9.59 Å². The summed E-state index contributed by atoms with van der Waals surface area (Å²) in [6, 6.07) is 9.03. The standard InChI is InChI=1S/C19H20FN5O2/c1-2-17(26)22-14-9-10-25(11-14)16-8-7-15(18(21)27)19(24-16)23-13-5-3-12(20)4-6-13/h2-8,14H,1,9-11H2,(H2,21,27)(H,22,26)(H,23,24)/t14-/m0/s1. The molecule has 1 fully saturated rings. The Hall–Kier alpha value is -3.42. The smallest absolute Gasteiger partial charge is 0.252 e. The van der Waals surface area contributed by atoms with E-state index in [0.29, 0.717) is 30.4 Å². The number of hydrogen-bond donors (Lipinski definition) is 3. The van der Waals surface area contributed by atoms with Crippen LogP contribution in [0.4, 0.5) is 21.7 Å². The third kappa shape index (κ3) is 4.41. The van der Waals surface area contributed by atoms with Crippen LogP contribution >= 0.6 is 0 Å². The number of anilines is 3. The normalized spacial score (nSPS) is 16.0. The summed E-state index contributed by atoms with van der Waals surface area (Å²) in [6.07, 6.45) is 2.02. The number of rotatable bonds is 6. The topological polar surface area (TPSA) is 100 Å². The molecule has 2 heterocycles. The van der Waals surface area contributed by atoms with Crippen LogP contribution in [0.5, 0.6) is 0 Å². The van der Waals surface area contributed by atoms with E-state index in [4.69, 9.17) is 5.73 Å². The molecule has 27 heavy (non-hydrogen) atoms. The number of carbonyl (C=O) groups excluding carboxylic acids is 2. The summed E-state index contributed by atoms with van der Waals surface area (Å²) in [5, 5.41) is 5.88. The Bertz CT molecular complexity index is 869. The van der Waals surface area contributed by atoms with Crippen molar-refractivity contribution in [2.24, 2.45) is 5.73 Å². The number of nitrogens with one attached hydrogen (secondary N) is 2. The van der Waals surface area contributed by atoms with E-state index >= 15 is 0 Å². The number of halogens is 1. The van der Waals surface area contributed by atoms with Gasteiger partial charge < -0.3 is 21.3 Å². The number of pyridine rings is 1. The van der Waals surface area contributed by atoms with Gasteiger partial charge in [0, 0.05) is 24.8 Å². The average Bonchev–Trinajstić information content (AvgIpc) is 3.11. The fraction of sp³-hybridized carbons (Fsp3) is 0.211. The highest BCUT2D eigenvalue weighted by atomic mass is 19.1. The molecule has 0 radical (unpaired) electrons. The highest BCUT2D eigenvalue weighted by Crippen LogP contribution is 2.25. The summed E-state index contributed by atoms with van der Waals surface area (Å²) in [5.74, 6) is -0.235. The highest BCUT2D eigenvalue weighted by molar-refractivity contribution is 5.98. The number of hydrogen-bond acceptors (Lipinski definition) is 5. The molecule has 7 nitrogen and oxygen atoms in total.